The van der Waals surface area contributed by atoms with E-state index >= 15 is 0 Å². The lowest BCUT2D eigenvalue weighted by Gasteiger charge is -2.17. The molecule has 0 amide bonds. The number of halogens is 3. The predicted molar refractivity (Wildman–Crippen MR) is 85.1 cm³/mol. The second-order valence-corrected chi connectivity index (χ2v) is 5.53. The van der Waals surface area contributed by atoms with Gasteiger partial charge in [-0.05, 0) is 19.1 Å². The van der Waals surface area contributed by atoms with Crippen LogP contribution in [0.5, 0.6) is 5.88 Å². The van der Waals surface area contributed by atoms with Crippen LogP contribution in [0.4, 0.5) is 4.39 Å². The minimum absolute atomic E-state index is 0.0658. The third kappa shape index (κ3) is 3.28. The van der Waals surface area contributed by atoms with Gasteiger partial charge in [-0.15, -0.1) is 0 Å². The van der Waals surface area contributed by atoms with Gasteiger partial charge in [0.2, 0.25) is 5.88 Å². The van der Waals surface area contributed by atoms with E-state index in [-0.39, 0.29) is 10.9 Å². The Bertz CT molecular complexity index is 826. The smallest absolute Gasteiger partial charge is 0.233 e. The number of ether oxygens (including phenoxy) is 1. The lowest BCUT2D eigenvalue weighted by Crippen LogP contribution is -2.07. The summed E-state index contributed by atoms with van der Waals surface area (Å²) in [4.78, 5) is 8.42. The van der Waals surface area contributed by atoms with Crippen molar-refractivity contribution in [2.45, 2.75) is 13.0 Å². The molecule has 1 atom stereocenters. The quantitative estimate of drug-likeness (QED) is 0.704. The van der Waals surface area contributed by atoms with Gasteiger partial charge in [0.15, 0.2) is 0 Å². The number of aromatic nitrogens is 4. The van der Waals surface area contributed by atoms with E-state index < -0.39 is 11.9 Å². The Labute approximate surface area is 141 Å². The van der Waals surface area contributed by atoms with Gasteiger partial charge in [-0.2, -0.15) is 5.10 Å². The number of nitrogens with one attached hydrogen (secondary N) is 1. The van der Waals surface area contributed by atoms with Crippen molar-refractivity contribution in [1.82, 2.24) is 20.2 Å². The number of aromatic amines is 1. The number of hydrogen-bond acceptors (Lipinski definition) is 4. The Morgan fingerprint density at radius 3 is 2.78 bits per heavy atom. The standard InChI is InChI=1S/C15H11Cl2FN4O/c1-8(14-10(16)2-3-11(18)15(14)17)23-13-7-19-6-12(22-13)9-4-20-21-5-9/h2-8H,1H3,(H,20,21)/t8-/m1/s1. The van der Waals surface area contributed by atoms with E-state index in [0.717, 1.165) is 5.56 Å². The zero-order valence-corrected chi connectivity index (χ0v) is 13.4. The highest BCUT2D eigenvalue weighted by molar-refractivity contribution is 6.36. The Balaban J connectivity index is 1.88. The maximum Gasteiger partial charge on any atom is 0.233 e. The van der Waals surface area contributed by atoms with Crippen molar-refractivity contribution >= 4 is 23.2 Å². The molecule has 3 aromatic rings. The van der Waals surface area contributed by atoms with E-state index in [9.17, 15) is 4.39 Å². The van der Waals surface area contributed by atoms with Crippen LogP contribution in [-0.4, -0.2) is 20.2 Å². The van der Waals surface area contributed by atoms with Gasteiger partial charge < -0.3 is 4.74 Å². The van der Waals surface area contributed by atoms with Crippen LogP contribution >= 0.6 is 23.2 Å². The molecule has 0 saturated heterocycles. The van der Waals surface area contributed by atoms with Crippen molar-refractivity contribution in [3.63, 3.8) is 0 Å². The maximum absolute atomic E-state index is 13.6. The first-order chi connectivity index (χ1) is 11.1. The first kappa shape index (κ1) is 15.7. The Morgan fingerprint density at radius 2 is 2.04 bits per heavy atom. The lowest BCUT2D eigenvalue weighted by molar-refractivity contribution is 0.216. The molecule has 1 aromatic carbocycles. The predicted octanol–water partition coefficient (Wildman–Crippen LogP) is 4.45. The Morgan fingerprint density at radius 1 is 1.22 bits per heavy atom. The average Bonchev–Trinajstić information content (AvgIpc) is 3.06. The summed E-state index contributed by atoms with van der Waals surface area (Å²) in [5.41, 5.74) is 1.74. The van der Waals surface area contributed by atoms with Gasteiger partial charge in [0.1, 0.15) is 11.9 Å². The molecular formula is C15H11Cl2FN4O. The molecule has 23 heavy (non-hydrogen) atoms. The fraction of sp³-hybridized carbons (Fsp3) is 0.133. The summed E-state index contributed by atoms with van der Waals surface area (Å²) in [5.74, 6) is -0.285. The van der Waals surface area contributed by atoms with Crippen LogP contribution < -0.4 is 4.74 Å². The number of rotatable bonds is 4. The molecule has 0 fully saturated rings. The van der Waals surface area contributed by atoms with Crippen LogP contribution in [0.2, 0.25) is 10.0 Å². The van der Waals surface area contributed by atoms with Crippen molar-refractivity contribution in [1.29, 1.82) is 0 Å². The van der Waals surface area contributed by atoms with Crippen molar-refractivity contribution in [2.75, 3.05) is 0 Å². The molecular weight excluding hydrogens is 342 g/mol. The zero-order valence-electron chi connectivity index (χ0n) is 11.9. The molecule has 0 spiro atoms. The summed E-state index contributed by atoms with van der Waals surface area (Å²) in [6, 6.07) is 2.64. The van der Waals surface area contributed by atoms with E-state index in [1.807, 2.05) is 0 Å². The van der Waals surface area contributed by atoms with Crippen LogP contribution in [0.3, 0.4) is 0 Å². The van der Waals surface area contributed by atoms with Gasteiger partial charge in [0.25, 0.3) is 0 Å². The SMILES string of the molecule is C[C@@H](Oc1cncc(-c2cn[nH]c2)n1)c1c(Cl)ccc(F)c1Cl. The monoisotopic (exact) mass is 352 g/mol. The second kappa shape index (κ2) is 6.52. The highest BCUT2D eigenvalue weighted by atomic mass is 35.5. The molecule has 3 rings (SSSR count). The number of hydrogen-bond donors (Lipinski definition) is 1. The summed E-state index contributed by atoms with van der Waals surface area (Å²) < 4.78 is 19.3. The average molecular weight is 353 g/mol. The van der Waals surface area contributed by atoms with Gasteiger partial charge in [0, 0.05) is 22.3 Å². The molecule has 2 aromatic heterocycles. The summed E-state index contributed by atoms with van der Waals surface area (Å²) in [6.45, 7) is 1.71. The first-order valence-corrected chi connectivity index (χ1v) is 7.43. The van der Waals surface area contributed by atoms with Crippen molar-refractivity contribution in [2.24, 2.45) is 0 Å². The van der Waals surface area contributed by atoms with Crippen molar-refractivity contribution in [3.05, 3.63) is 58.3 Å². The summed E-state index contributed by atoms with van der Waals surface area (Å²) in [6.07, 6.45) is 5.76. The fourth-order valence-electron chi connectivity index (χ4n) is 2.09. The Kier molecular flexibility index (Phi) is 4.45. The van der Waals surface area contributed by atoms with Gasteiger partial charge in [-0.1, -0.05) is 23.2 Å². The third-order valence-corrected chi connectivity index (χ3v) is 3.90. The number of H-pyrrole nitrogens is 1. The van der Waals surface area contributed by atoms with Gasteiger partial charge in [0.05, 0.1) is 29.3 Å². The normalized spacial score (nSPS) is 12.2. The number of nitrogens with zero attached hydrogens (tertiary/aromatic N) is 3. The highest BCUT2D eigenvalue weighted by Crippen LogP contribution is 2.34. The molecule has 0 aliphatic rings. The molecule has 0 unspecified atom stereocenters. The summed E-state index contributed by atoms with van der Waals surface area (Å²) in [5, 5.41) is 6.82. The topological polar surface area (TPSA) is 63.7 Å². The molecule has 0 bridgehead atoms. The fourth-order valence-corrected chi connectivity index (χ4v) is 2.77. The third-order valence-electron chi connectivity index (χ3n) is 3.19. The lowest BCUT2D eigenvalue weighted by atomic mass is 10.1. The van der Waals surface area contributed by atoms with E-state index in [1.54, 1.807) is 25.5 Å². The summed E-state index contributed by atoms with van der Waals surface area (Å²) in [7, 11) is 0. The molecule has 2 heterocycles. The van der Waals surface area contributed by atoms with Crippen LogP contribution in [0.1, 0.15) is 18.6 Å². The van der Waals surface area contributed by atoms with Gasteiger partial charge >= 0.3 is 0 Å². The van der Waals surface area contributed by atoms with E-state index in [0.29, 0.717) is 16.3 Å². The molecule has 0 aliphatic carbocycles. The molecule has 0 radical (unpaired) electrons. The highest BCUT2D eigenvalue weighted by Gasteiger charge is 2.19. The van der Waals surface area contributed by atoms with Crippen molar-refractivity contribution < 1.29 is 9.13 Å². The summed E-state index contributed by atoms with van der Waals surface area (Å²) >= 11 is 12.1. The minimum Gasteiger partial charge on any atom is -0.469 e. The van der Waals surface area contributed by atoms with Crippen LogP contribution in [0.25, 0.3) is 11.3 Å². The largest absolute Gasteiger partial charge is 0.469 e. The molecule has 0 aliphatic heterocycles. The molecule has 8 heteroatoms. The van der Waals surface area contributed by atoms with E-state index in [2.05, 4.69) is 20.2 Å². The van der Waals surface area contributed by atoms with E-state index in [1.165, 1.54) is 18.3 Å². The minimum atomic E-state index is -0.598. The molecule has 0 saturated carbocycles. The second-order valence-electron chi connectivity index (χ2n) is 4.75. The van der Waals surface area contributed by atoms with E-state index in [4.69, 9.17) is 27.9 Å². The first-order valence-electron chi connectivity index (χ1n) is 6.67. The maximum atomic E-state index is 13.6. The molecule has 1 N–H and O–H groups in total. The van der Waals surface area contributed by atoms with Crippen LogP contribution in [0, 0.1) is 5.82 Å². The van der Waals surface area contributed by atoms with Gasteiger partial charge in [-0.3, -0.25) is 10.1 Å². The van der Waals surface area contributed by atoms with Crippen molar-refractivity contribution in [3.8, 4) is 17.1 Å². The Hall–Kier alpha value is -2.18. The zero-order chi connectivity index (χ0) is 16.4. The van der Waals surface area contributed by atoms with Crippen LogP contribution in [0.15, 0.2) is 36.9 Å². The van der Waals surface area contributed by atoms with Crippen LogP contribution in [-0.2, 0) is 0 Å². The molecule has 118 valence electrons. The number of benzene rings is 1. The molecule has 5 nitrogen and oxygen atoms in total. The van der Waals surface area contributed by atoms with Gasteiger partial charge in [-0.25, -0.2) is 9.37 Å².